The average Bonchev–Trinajstić information content (AvgIpc) is 3.16. The number of hydrogen-bond donors (Lipinski definition) is 1. The average molecular weight is 393 g/mol. The summed E-state index contributed by atoms with van der Waals surface area (Å²) in [5.74, 6) is -0.557. The van der Waals surface area contributed by atoms with Crippen molar-refractivity contribution in [2.75, 3.05) is 16.2 Å². The van der Waals surface area contributed by atoms with E-state index < -0.39 is 10.0 Å². The molecule has 1 aromatic heterocycles. The molecule has 136 valence electrons. The number of imide groups is 1. The van der Waals surface area contributed by atoms with Gasteiger partial charge < -0.3 is 4.74 Å². The second-order valence-electron chi connectivity index (χ2n) is 5.91. The van der Waals surface area contributed by atoms with E-state index in [1.54, 1.807) is 0 Å². The van der Waals surface area contributed by atoms with Crippen molar-refractivity contribution < 1.29 is 22.7 Å². The van der Waals surface area contributed by atoms with Crippen molar-refractivity contribution in [2.24, 2.45) is 0 Å². The third kappa shape index (κ3) is 3.11. The first-order chi connectivity index (χ1) is 12.4. The first kappa shape index (κ1) is 17.1. The lowest BCUT2D eigenvalue weighted by Gasteiger charge is -2.14. The van der Waals surface area contributed by atoms with Crippen LogP contribution in [-0.4, -0.2) is 31.8 Å². The van der Waals surface area contributed by atoms with Crippen LogP contribution in [0.15, 0.2) is 29.2 Å². The zero-order valence-electron chi connectivity index (χ0n) is 13.6. The maximum atomic E-state index is 12.6. The summed E-state index contributed by atoms with van der Waals surface area (Å²) in [5.41, 5.74) is 1.23. The van der Waals surface area contributed by atoms with Crippen molar-refractivity contribution in [1.29, 1.82) is 0 Å². The summed E-state index contributed by atoms with van der Waals surface area (Å²) in [6, 6.07) is 5.65. The summed E-state index contributed by atoms with van der Waals surface area (Å²) in [7, 11) is -3.81. The monoisotopic (exact) mass is 393 g/mol. The number of sulfonamides is 1. The minimum Gasteiger partial charge on any atom is -0.375 e. The smallest absolute Gasteiger partial charge is 0.263 e. The van der Waals surface area contributed by atoms with E-state index in [1.165, 1.54) is 35.6 Å². The molecule has 1 saturated heterocycles. The van der Waals surface area contributed by atoms with E-state index in [-0.39, 0.29) is 29.6 Å². The molecule has 0 bridgehead atoms. The molecule has 1 N–H and O–H groups in total. The number of anilines is 2. The molecule has 10 heteroatoms. The number of rotatable bonds is 4. The van der Waals surface area contributed by atoms with Crippen LogP contribution in [-0.2, 0) is 37.4 Å². The Morgan fingerprint density at radius 2 is 1.77 bits per heavy atom. The predicted molar refractivity (Wildman–Crippen MR) is 94.5 cm³/mol. The topological polar surface area (TPSA) is 106 Å². The summed E-state index contributed by atoms with van der Waals surface area (Å²) < 4.78 is 32.9. The Bertz CT molecular complexity index is 942. The van der Waals surface area contributed by atoms with Gasteiger partial charge in [-0.2, -0.15) is 0 Å². The second-order valence-corrected chi connectivity index (χ2v) is 8.68. The Labute approximate surface area is 153 Å². The molecule has 4 rings (SSSR count). The molecule has 0 spiro atoms. The van der Waals surface area contributed by atoms with Crippen molar-refractivity contribution in [2.45, 2.75) is 30.8 Å². The van der Waals surface area contributed by atoms with Crippen molar-refractivity contribution in [3.63, 3.8) is 0 Å². The Morgan fingerprint density at radius 1 is 1.08 bits per heavy atom. The molecule has 0 saturated carbocycles. The molecule has 2 aromatic rings. The molecule has 1 aromatic carbocycles. The van der Waals surface area contributed by atoms with Crippen LogP contribution < -0.4 is 9.62 Å². The number of ether oxygens (including phenoxy) is 1. The van der Waals surface area contributed by atoms with Gasteiger partial charge in [0, 0.05) is 19.3 Å². The molecule has 0 radical (unpaired) electrons. The van der Waals surface area contributed by atoms with Gasteiger partial charge in [-0.1, -0.05) is 11.3 Å². The van der Waals surface area contributed by atoms with Crippen LogP contribution in [0.4, 0.5) is 10.8 Å². The van der Waals surface area contributed by atoms with E-state index in [0.29, 0.717) is 30.5 Å². The first-order valence-electron chi connectivity index (χ1n) is 7.99. The van der Waals surface area contributed by atoms with E-state index in [0.717, 1.165) is 15.5 Å². The predicted octanol–water partition coefficient (Wildman–Crippen LogP) is 1.67. The van der Waals surface area contributed by atoms with Gasteiger partial charge in [0.1, 0.15) is 0 Å². The molecule has 2 aliphatic heterocycles. The molecule has 0 aliphatic carbocycles. The standard InChI is InChI=1S/C16H15N3O5S2/c20-14-5-6-15(21)19(14)10-1-3-11(4-2-10)26(22,23)18-16-17-12-7-8-24-9-13(12)25-16/h1-4H,5-9H2,(H,17,18). The van der Waals surface area contributed by atoms with Crippen molar-refractivity contribution in [1.82, 2.24) is 4.98 Å². The molecule has 26 heavy (non-hydrogen) atoms. The summed E-state index contributed by atoms with van der Waals surface area (Å²) in [6.45, 7) is 1.03. The van der Waals surface area contributed by atoms with Crippen LogP contribution in [0.3, 0.4) is 0 Å². The SMILES string of the molecule is O=C1CCC(=O)N1c1ccc(S(=O)(=O)Nc2nc3c(s2)COCC3)cc1. The number of carbonyl (C=O) groups is 2. The quantitative estimate of drug-likeness (QED) is 0.792. The van der Waals surface area contributed by atoms with Crippen LogP contribution in [0.1, 0.15) is 23.4 Å². The molecule has 1 fully saturated rings. The Balaban J connectivity index is 1.55. The first-order valence-corrected chi connectivity index (χ1v) is 10.3. The lowest BCUT2D eigenvalue weighted by molar-refractivity contribution is -0.121. The minimum atomic E-state index is -3.81. The van der Waals surface area contributed by atoms with Gasteiger partial charge in [0.15, 0.2) is 5.13 Å². The van der Waals surface area contributed by atoms with Crippen LogP contribution >= 0.6 is 11.3 Å². The number of carbonyl (C=O) groups excluding carboxylic acids is 2. The van der Waals surface area contributed by atoms with E-state index in [9.17, 15) is 18.0 Å². The largest absolute Gasteiger partial charge is 0.375 e. The molecule has 2 amide bonds. The number of aromatic nitrogens is 1. The van der Waals surface area contributed by atoms with Crippen molar-refractivity contribution >= 4 is 44.0 Å². The highest BCUT2D eigenvalue weighted by Gasteiger charge is 2.30. The summed E-state index contributed by atoms with van der Waals surface area (Å²) in [6.07, 6.45) is 1.03. The Hall–Kier alpha value is -2.30. The van der Waals surface area contributed by atoms with E-state index >= 15 is 0 Å². The maximum Gasteiger partial charge on any atom is 0.263 e. The fourth-order valence-electron chi connectivity index (χ4n) is 2.88. The van der Waals surface area contributed by atoms with Gasteiger partial charge in [0.25, 0.3) is 10.0 Å². The molecule has 3 heterocycles. The Morgan fingerprint density at radius 3 is 2.42 bits per heavy atom. The molecular weight excluding hydrogens is 378 g/mol. The lowest BCUT2D eigenvalue weighted by Crippen LogP contribution is -2.28. The van der Waals surface area contributed by atoms with Gasteiger partial charge in [0.2, 0.25) is 11.8 Å². The highest BCUT2D eigenvalue weighted by molar-refractivity contribution is 7.93. The van der Waals surface area contributed by atoms with Gasteiger partial charge in [-0.05, 0) is 24.3 Å². The number of hydrogen-bond acceptors (Lipinski definition) is 7. The lowest BCUT2D eigenvalue weighted by atomic mass is 10.2. The number of fused-ring (bicyclic) bond motifs is 1. The zero-order valence-corrected chi connectivity index (χ0v) is 15.2. The van der Waals surface area contributed by atoms with Crippen molar-refractivity contribution in [3.05, 3.63) is 34.8 Å². The molecular formula is C16H15N3O5S2. The van der Waals surface area contributed by atoms with Crippen LogP contribution in [0.5, 0.6) is 0 Å². The summed E-state index contributed by atoms with van der Waals surface area (Å²) >= 11 is 1.26. The number of benzene rings is 1. The summed E-state index contributed by atoms with van der Waals surface area (Å²) in [4.78, 5) is 29.9. The van der Waals surface area contributed by atoms with Gasteiger partial charge >= 0.3 is 0 Å². The minimum absolute atomic E-state index is 0.0322. The number of nitrogens with zero attached hydrogens (tertiary/aromatic N) is 2. The third-order valence-corrected chi connectivity index (χ3v) is 6.64. The fraction of sp³-hybridized carbons (Fsp3) is 0.312. The highest BCUT2D eigenvalue weighted by Crippen LogP contribution is 2.29. The fourth-order valence-corrected chi connectivity index (χ4v) is 5.06. The van der Waals surface area contributed by atoms with Crippen LogP contribution in [0.25, 0.3) is 0 Å². The zero-order chi connectivity index (χ0) is 18.3. The summed E-state index contributed by atoms with van der Waals surface area (Å²) in [5, 5.41) is 0.300. The molecule has 0 atom stereocenters. The third-order valence-electron chi connectivity index (χ3n) is 4.17. The van der Waals surface area contributed by atoms with Gasteiger partial charge in [-0.25, -0.2) is 13.4 Å². The molecule has 8 nitrogen and oxygen atoms in total. The van der Waals surface area contributed by atoms with Crippen LogP contribution in [0, 0.1) is 0 Å². The molecule has 2 aliphatic rings. The maximum absolute atomic E-state index is 12.6. The normalized spacial score (nSPS) is 17.5. The van der Waals surface area contributed by atoms with Crippen molar-refractivity contribution in [3.8, 4) is 0 Å². The number of nitrogens with one attached hydrogen (secondary N) is 1. The Kier molecular flexibility index (Phi) is 4.25. The van der Waals surface area contributed by atoms with E-state index in [2.05, 4.69) is 9.71 Å². The van der Waals surface area contributed by atoms with E-state index in [1.807, 2.05) is 0 Å². The van der Waals surface area contributed by atoms with Gasteiger partial charge in [-0.3, -0.25) is 19.2 Å². The van der Waals surface area contributed by atoms with Crippen LogP contribution in [0.2, 0.25) is 0 Å². The highest BCUT2D eigenvalue weighted by atomic mass is 32.2. The number of thiazole rings is 1. The van der Waals surface area contributed by atoms with Gasteiger partial charge in [-0.15, -0.1) is 0 Å². The van der Waals surface area contributed by atoms with E-state index in [4.69, 9.17) is 4.74 Å². The number of amides is 2. The molecule has 0 unspecified atom stereocenters. The second kappa shape index (κ2) is 6.45. The van der Waals surface area contributed by atoms with Gasteiger partial charge in [0.05, 0.1) is 34.4 Å².